The van der Waals surface area contributed by atoms with Crippen molar-refractivity contribution < 1.29 is 17.6 Å². The number of benzene rings is 3. The van der Waals surface area contributed by atoms with Crippen LogP contribution < -0.4 is 14.9 Å². The first kappa shape index (κ1) is 27.0. The molecule has 5 rings (SSSR count). The number of nitrogens with one attached hydrogen (secondary N) is 2. The van der Waals surface area contributed by atoms with Crippen molar-refractivity contribution in [2.24, 2.45) is 0 Å². The third kappa shape index (κ3) is 6.21. The van der Waals surface area contributed by atoms with Gasteiger partial charge in [-0.25, -0.2) is 17.8 Å². The summed E-state index contributed by atoms with van der Waals surface area (Å²) in [5.74, 6) is -0.801. The van der Waals surface area contributed by atoms with Crippen LogP contribution in [0.3, 0.4) is 0 Å². The number of halogens is 1. The van der Waals surface area contributed by atoms with Crippen molar-refractivity contribution in [3.63, 3.8) is 0 Å². The standard InChI is InChI=1S/C28H30FN5O3S2/c1-19-6-7-20(2)26-25(19)31-28(38-26)34-16-14-33(15-17-34)13-12-30-27(35)21-4-3-5-23(18-21)32-39(36,37)24-10-8-22(29)9-11-24/h3-11,18,32H,12-17H2,1-2H3,(H,30,35). The highest BCUT2D eigenvalue weighted by molar-refractivity contribution is 7.92. The number of hydrogen-bond donors (Lipinski definition) is 2. The maximum absolute atomic E-state index is 13.1. The molecule has 0 saturated carbocycles. The van der Waals surface area contributed by atoms with Gasteiger partial charge in [0.1, 0.15) is 5.82 Å². The lowest BCUT2D eigenvalue weighted by atomic mass is 10.1. The fourth-order valence-electron chi connectivity index (χ4n) is 4.53. The molecule has 4 aromatic rings. The van der Waals surface area contributed by atoms with E-state index in [2.05, 4.69) is 45.8 Å². The van der Waals surface area contributed by atoms with Crippen LogP contribution in [0, 0.1) is 19.7 Å². The van der Waals surface area contributed by atoms with Crippen LogP contribution in [0.5, 0.6) is 0 Å². The summed E-state index contributed by atoms with van der Waals surface area (Å²) in [6.45, 7) is 8.93. The molecule has 0 radical (unpaired) electrons. The molecule has 1 aliphatic heterocycles. The molecule has 204 valence electrons. The molecule has 0 bridgehead atoms. The van der Waals surface area contributed by atoms with E-state index in [9.17, 15) is 17.6 Å². The van der Waals surface area contributed by atoms with Crippen molar-refractivity contribution in [3.8, 4) is 0 Å². The number of thiazole rings is 1. The van der Waals surface area contributed by atoms with E-state index in [4.69, 9.17) is 4.98 Å². The SMILES string of the molecule is Cc1ccc(C)c2sc(N3CCN(CCNC(=O)c4cccc(NS(=O)(=O)c5ccc(F)cc5)c4)CC3)nc12. The van der Waals surface area contributed by atoms with E-state index in [1.165, 1.54) is 34.0 Å². The van der Waals surface area contributed by atoms with Crippen molar-refractivity contribution in [2.75, 3.05) is 48.9 Å². The summed E-state index contributed by atoms with van der Waals surface area (Å²) in [5, 5.41) is 3.98. The van der Waals surface area contributed by atoms with Gasteiger partial charge in [0.15, 0.2) is 5.13 Å². The first-order valence-electron chi connectivity index (χ1n) is 12.7. The quantitative estimate of drug-likeness (QED) is 0.328. The Morgan fingerprint density at radius 2 is 1.72 bits per heavy atom. The highest BCUT2D eigenvalue weighted by Gasteiger charge is 2.21. The maximum atomic E-state index is 13.1. The molecule has 0 aliphatic carbocycles. The van der Waals surface area contributed by atoms with Gasteiger partial charge in [0.05, 0.1) is 15.1 Å². The number of sulfonamides is 1. The van der Waals surface area contributed by atoms with Gasteiger partial charge in [-0.2, -0.15) is 0 Å². The number of fused-ring (bicyclic) bond motifs is 1. The minimum absolute atomic E-state index is 0.0628. The van der Waals surface area contributed by atoms with Gasteiger partial charge in [0.2, 0.25) is 0 Å². The van der Waals surface area contributed by atoms with E-state index >= 15 is 0 Å². The second kappa shape index (κ2) is 11.3. The third-order valence-corrected chi connectivity index (χ3v) is 9.44. The van der Waals surface area contributed by atoms with E-state index in [1.54, 1.807) is 29.5 Å². The number of amides is 1. The Hall–Kier alpha value is -3.54. The Bertz CT molecular complexity index is 1560. The lowest BCUT2D eigenvalue weighted by Gasteiger charge is -2.34. The maximum Gasteiger partial charge on any atom is 0.261 e. The van der Waals surface area contributed by atoms with Gasteiger partial charge in [-0.05, 0) is 67.4 Å². The number of aryl methyl sites for hydroxylation is 2. The average Bonchev–Trinajstić information content (AvgIpc) is 3.38. The molecule has 1 amide bonds. The molecule has 1 saturated heterocycles. The molecular formula is C28H30FN5O3S2. The number of nitrogens with zero attached hydrogens (tertiary/aromatic N) is 3. The fourth-order valence-corrected chi connectivity index (χ4v) is 6.74. The monoisotopic (exact) mass is 567 g/mol. The van der Waals surface area contributed by atoms with E-state index in [-0.39, 0.29) is 16.5 Å². The summed E-state index contributed by atoms with van der Waals surface area (Å²) in [7, 11) is -3.90. The second-order valence-electron chi connectivity index (χ2n) is 9.60. The lowest BCUT2D eigenvalue weighted by Crippen LogP contribution is -2.48. The van der Waals surface area contributed by atoms with Gasteiger partial charge in [0, 0.05) is 50.5 Å². The average molecular weight is 568 g/mol. The number of aromatic nitrogens is 1. The molecule has 8 nitrogen and oxygen atoms in total. The normalized spacial score (nSPS) is 14.5. The zero-order chi connectivity index (χ0) is 27.6. The van der Waals surface area contributed by atoms with E-state index in [0.717, 1.165) is 49.0 Å². The Kier molecular flexibility index (Phi) is 7.83. The lowest BCUT2D eigenvalue weighted by molar-refractivity contribution is 0.0948. The summed E-state index contributed by atoms with van der Waals surface area (Å²) in [6.07, 6.45) is 0. The van der Waals surface area contributed by atoms with Crippen LogP contribution >= 0.6 is 11.3 Å². The highest BCUT2D eigenvalue weighted by Crippen LogP contribution is 2.33. The third-order valence-electron chi connectivity index (χ3n) is 6.79. The Morgan fingerprint density at radius 3 is 2.44 bits per heavy atom. The Balaban J connectivity index is 1.11. The van der Waals surface area contributed by atoms with Crippen molar-refractivity contribution in [1.82, 2.24) is 15.2 Å². The second-order valence-corrected chi connectivity index (χ2v) is 12.3. The van der Waals surface area contributed by atoms with Crippen LogP contribution in [0.1, 0.15) is 21.5 Å². The van der Waals surface area contributed by atoms with Crippen LogP contribution in [0.15, 0.2) is 65.6 Å². The van der Waals surface area contributed by atoms with Crippen LogP contribution in [0.2, 0.25) is 0 Å². The highest BCUT2D eigenvalue weighted by atomic mass is 32.2. The van der Waals surface area contributed by atoms with Crippen molar-refractivity contribution in [1.29, 1.82) is 0 Å². The van der Waals surface area contributed by atoms with E-state index in [0.29, 0.717) is 18.7 Å². The molecule has 1 aliphatic rings. The first-order chi connectivity index (χ1) is 18.7. The number of carbonyl (C=O) groups is 1. The molecule has 0 spiro atoms. The molecule has 1 fully saturated rings. The van der Waals surface area contributed by atoms with Crippen LogP contribution in [-0.4, -0.2) is 63.5 Å². The molecule has 39 heavy (non-hydrogen) atoms. The minimum Gasteiger partial charge on any atom is -0.351 e. The zero-order valence-corrected chi connectivity index (χ0v) is 23.4. The molecule has 11 heteroatoms. The topological polar surface area (TPSA) is 94.6 Å². The van der Waals surface area contributed by atoms with Gasteiger partial charge >= 0.3 is 0 Å². The summed E-state index contributed by atoms with van der Waals surface area (Å²) < 4.78 is 42.0. The predicted molar refractivity (Wildman–Crippen MR) is 154 cm³/mol. The molecule has 2 heterocycles. The predicted octanol–water partition coefficient (Wildman–Crippen LogP) is 4.41. The summed E-state index contributed by atoms with van der Waals surface area (Å²) in [5.41, 5.74) is 4.14. The number of piperazine rings is 1. The number of carbonyl (C=O) groups excluding carboxylic acids is 1. The van der Waals surface area contributed by atoms with Gasteiger partial charge in [-0.3, -0.25) is 14.4 Å². The molecule has 3 aromatic carbocycles. The number of hydrogen-bond acceptors (Lipinski definition) is 7. The zero-order valence-electron chi connectivity index (χ0n) is 21.8. The van der Waals surface area contributed by atoms with Crippen LogP contribution in [0.25, 0.3) is 10.2 Å². The number of anilines is 2. The summed E-state index contributed by atoms with van der Waals surface area (Å²) in [6, 6.07) is 15.1. The number of rotatable bonds is 8. The summed E-state index contributed by atoms with van der Waals surface area (Å²) in [4.78, 5) is 22.2. The van der Waals surface area contributed by atoms with Crippen LogP contribution in [0.4, 0.5) is 15.2 Å². The van der Waals surface area contributed by atoms with Gasteiger partial charge in [0.25, 0.3) is 15.9 Å². The Labute approximate surface area is 231 Å². The minimum atomic E-state index is -3.90. The molecule has 0 unspecified atom stereocenters. The van der Waals surface area contributed by atoms with Crippen molar-refractivity contribution in [2.45, 2.75) is 18.7 Å². The first-order valence-corrected chi connectivity index (χ1v) is 15.0. The molecular weight excluding hydrogens is 537 g/mol. The van der Waals surface area contributed by atoms with Gasteiger partial charge in [-0.15, -0.1) is 0 Å². The van der Waals surface area contributed by atoms with Gasteiger partial charge < -0.3 is 10.2 Å². The fraction of sp³-hybridized carbons (Fsp3) is 0.286. The molecule has 2 N–H and O–H groups in total. The van der Waals surface area contributed by atoms with Crippen molar-refractivity contribution in [3.05, 3.63) is 83.2 Å². The van der Waals surface area contributed by atoms with E-state index in [1.807, 2.05) is 0 Å². The molecule has 1 aromatic heterocycles. The molecule has 0 atom stereocenters. The van der Waals surface area contributed by atoms with Crippen molar-refractivity contribution >= 4 is 48.3 Å². The summed E-state index contributed by atoms with van der Waals surface area (Å²) >= 11 is 1.75. The van der Waals surface area contributed by atoms with E-state index < -0.39 is 15.8 Å². The van der Waals surface area contributed by atoms with Gasteiger partial charge in [-0.1, -0.05) is 29.5 Å². The smallest absolute Gasteiger partial charge is 0.261 e. The largest absolute Gasteiger partial charge is 0.351 e. The Morgan fingerprint density at radius 1 is 1.00 bits per heavy atom. The van der Waals surface area contributed by atoms with Crippen LogP contribution in [-0.2, 0) is 10.0 Å².